The van der Waals surface area contributed by atoms with Crippen molar-refractivity contribution in [1.82, 2.24) is 9.97 Å². The highest BCUT2D eigenvalue weighted by Crippen LogP contribution is 2.32. The van der Waals surface area contributed by atoms with Crippen LogP contribution < -0.4 is 4.74 Å². The van der Waals surface area contributed by atoms with Gasteiger partial charge in [-0.05, 0) is 18.2 Å². The summed E-state index contributed by atoms with van der Waals surface area (Å²) in [5, 5.41) is 2.70. The fourth-order valence-electron chi connectivity index (χ4n) is 1.91. The first-order valence-electron chi connectivity index (χ1n) is 5.88. The number of benzene rings is 1. The third-order valence-corrected chi connectivity index (χ3v) is 2.95. The molecule has 3 nitrogen and oxygen atoms in total. The van der Waals surface area contributed by atoms with Gasteiger partial charge in [-0.1, -0.05) is 25.4 Å². The number of hydrogen-bond acceptors (Lipinski definition) is 2. The van der Waals surface area contributed by atoms with Crippen LogP contribution in [0.3, 0.4) is 0 Å². The fraction of sp³-hybridized carbons (Fsp3) is 0.214. The summed E-state index contributed by atoms with van der Waals surface area (Å²) in [6, 6.07) is 5.86. The number of fused-ring (bicyclic) bond motifs is 3. The Bertz CT molecular complexity index is 676. The minimum Gasteiger partial charge on any atom is -0.497 e. The molecule has 0 bridgehead atoms. The van der Waals surface area contributed by atoms with E-state index in [0.29, 0.717) is 5.02 Å². The second-order valence-corrected chi connectivity index (χ2v) is 3.99. The Morgan fingerprint density at radius 3 is 2.67 bits per heavy atom. The van der Waals surface area contributed by atoms with E-state index in [2.05, 4.69) is 9.97 Å². The first-order valence-corrected chi connectivity index (χ1v) is 6.26. The van der Waals surface area contributed by atoms with E-state index in [4.69, 9.17) is 16.3 Å². The fourth-order valence-corrected chi connectivity index (χ4v) is 2.17. The van der Waals surface area contributed by atoms with Gasteiger partial charge in [0.05, 0.1) is 23.8 Å². The first-order chi connectivity index (χ1) is 8.79. The average Bonchev–Trinajstić information content (AvgIpc) is 2.79. The predicted octanol–water partition coefficient (Wildman–Crippen LogP) is 4.40. The van der Waals surface area contributed by atoms with Crippen LogP contribution in [0.25, 0.3) is 21.8 Å². The molecule has 0 spiro atoms. The monoisotopic (exact) mass is 262 g/mol. The van der Waals surface area contributed by atoms with Crippen LogP contribution in [0.4, 0.5) is 0 Å². The number of rotatable bonds is 1. The molecule has 0 radical (unpaired) electrons. The molecule has 18 heavy (non-hydrogen) atoms. The van der Waals surface area contributed by atoms with Crippen LogP contribution in [0.5, 0.6) is 5.75 Å². The van der Waals surface area contributed by atoms with Crippen LogP contribution in [0.15, 0.2) is 30.6 Å². The van der Waals surface area contributed by atoms with Gasteiger partial charge in [-0.2, -0.15) is 0 Å². The Morgan fingerprint density at radius 2 is 1.94 bits per heavy atom. The summed E-state index contributed by atoms with van der Waals surface area (Å²) in [6.45, 7) is 4.00. The second kappa shape index (κ2) is 5.27. The normalized spacial score (nSPS) is 10.2. The Hall–Kier alpha value is -1.74. The number of pyridine rings is 1. The van der Waals surface area contributed by atoms with Crippen molar-refractivity contribution >= 4 is 33.4 Å². The van der Waals surface area contributed by atoms with Crippen LogP contribution in [0.2, 0.25) is 5.02 Å². The number of aromatic nitrogens is 2. The molecule has 0 aliphatic heterocycles. The van der Waals surface area contributed by atoms with Gasteiger partial charge in [-0.3, -0.25) is 4.98 Å². The molecular weight excluding hydrogens is 248 g/mol. The van der Waals surface area contributed by atoms with Crippen LogP contribution in [0.1, 0.15) is 13.8 Å². The zero-order chi connectivity index (χ0) is 13.1. The number of nitrogens with zero attached hydrogens (tertiary/aromatic N) is 1. The lowest BCUT2D eigenvalue weighted by molar-refractivity contribution is 0.415. The van der Waals surface area contributed by atoms with Gasteiger partial charge in [0, 0.05) is 22.5 Å². The zero-order valence-corrected chi connectivity index (χ0v) is 11.4. The van der Waals surface area contributed by atoms with E-state index in [9.17, 15) is 0 Å². The van der Waals surface area contributed by atoms with Gasteiger partial charge < -0.3 is 9.72 Å². The molecule has 94 valence electrons. The number of halogens is 1. The number of hydrogen-bond donors (Lipinski definition) is 1. The lowest BCUT2D eigenvalue weighted by atomic mass is 10.2. The maximum atomic E-state index is 6.15. The van der Waals surface area contributed by atoms with E-state index in [1.807, 2.05) is 32.0 Å². The summed E-state index contributed by atoms with van der Waals surface area (Å²) in [5.41, 5.74) is 1.97. The zero-order valence-electron chi connectivity index (χ0n) is 10.6. The van der Waals surface area contributed by atoms with Crippen molar-refractivity contribution in [2.45, 2.75) is 13.8 Å². The molecule has 1 aromatic carbocycles. The highest BCUT2D eigenvalue weighted by Gasteiger charge is 2.08. The molecular formula is C14H15ClN2O. The number of ether oxygens (including phenoxy) is 1. The van der Waals surface area contributed by atoms with E-state index >= 15 is 0 Å². The number of nitrogens with one attached hydrogen (secondary N) is 1. The van der Waals surface area contributed by atoms with E-state index in [0.717, 1.165) is 27.6 Å². The lowest BCUT2D eigenvalue weighted by Gasteiger charge is -1.99. The van der Waals surface area contributed by atoms with Crippen molar-refractivity contribution < 1.29 is 4.74 Å². The molecule has 0 saturated carbocycles. The Labute approximate surface area is 111 Å². The molecule has 1 N–H and O–H groups in total. The quantitative estimate of drug-likeness (QED) is 0.706. The van der Waals surface area contributed by atoms with E-state index < -0.39 is 0 Å². The second-order valence-electron chi connectivity index (χ2n) is 3.58. The Morgan fingerprint density at radius 1 is 1.17 bits per heavy atom. The highest BCUT2D eigenvalue weighted by molar-refractivity contribution is 6.37. The summed E-state index contributed by atoms with van der Waals surface area (Å²) in [5.74, 6) is 0.821. The molecule has 3 rings (SSSR count). The van der Waals surface area contributed by atoms with Crippen LogP contribution in [-0.2, 0) is 0 Å². The molecule has 0 saturated heterocycles. The largest absolute Gasteiger partial charge is 0.497 e. The molecule has 2 aromatic heterocycles. The van der Waals surface area contributed by atoms with Crippen molar-refractivity contribution in [2.75, 3.05) is 7.11 Å². The van der Waals surface area contributed by atoms with E-state index in [1.54, 1.807) is 19.5 Å². The Kier molecular flexibility index (Phi) is 3.72. The van der Waals surface area contributed by atoms with Gasteiger partial charge in [-0.25, -0.2) is 0 Å². The molecule has 2 heterocycles. The molecule has 4 heteroatoms. The summed E-state index contributed by atoms with van der Waals surface area (Å²) in [6.07, 6.45) is 3.42. The number of H-pyrrole nitrogens is 1. The summed E-state index contributed by atoms with van der Waals surface area (Å²) in [7, 11) is 1.65. The van der Waals surface area contributed by atoms with E-state index in [-0.39, 0.29) is 0 Å². The van der Waals surface area contributed by atoms with E-state index in [1.165, 1.54) is 0 Å². The summed E-state index contributed by atoms with van der Waals surface area (Å²) < 4.78 is 5.21. The minimum absolute atomic E-state index is 0.650. The summed E-state index contributed by atoms with van der Waals surface area (Å²) >= 11 is 6.15. The Balaban J connectivity index is 0.000000574. The highest BCUT2D eigenvalue weighted by atomic mass is 35.5. The van der Waals surface area contributed by atoms with Gasteiger partial charge >= 0.3 is 0 Å². The van der Waals surface area contributed by atoms with Crippen molar-refractivity contribution in [3.8, 4) is 5.75 Å². The average molecular weight is 263 g/mol. The predicted molar refractivity (Wildman–Crippen MR) is 76.5 cm³/mol. The van der Waals surface area contributed by atoms with Crippen LogP contribution >= 0.6 is 11.6 Å². The van der Waals surface area contributed by atoms with Gasteiger partial charge in [0.25, 0.3) is 0 Å². The maximum absolute atomic E-state index is 6.15. The first kappa shape index (κ1) is 12.7. The van der Waals surface area contributed by atoms with Crippen molar-refractivity contribution in [3.63, 3.8) is 0 Å². The maximum Gasteiger partial charge on any atom is 0.119 e. The molecule has 0 aliphatic carbocycles. The molecule has 3 aromatic rings. The van der Waals surface area contributed by atoms with Crippen molar-refractivity contribution in [1.29, 1.82) is 0 Å². The standard InChI is InChI=1S/C12H9ClN2O.C2H6/c1-16-7-2-3-10-8(4-7)12-9(13)5-14-6-11(12)15-10;1-2/h2-6,15H,1H3;1-2H3. The van der Waals surface area contributed by atoms with Crippen LogP contribution in [0, 0.1) is 0 Å². The van der Waals surface area contributed by atoms with Gasteiger partial charge in [-0.15, -0.1) is 0 Å². The number of methoxy groups -OCH3 is 1. The van der Waals surface area contributed by atoms with Crippen molar-refractivity contribution in [2.24, 2.45) is 0 Å². The molecule has 0 fully saturated rings. The lowest BCUT2D eigenvalue weighted by Crippen LogP contribution is -1.80. The van der Waals surface area contributed by atoms with Crippen LogP contribution in [-0.4, -0.2) is 17.1 Å². The van der Waals surface area contributed by atoms with Gasteiger partial charge in [0.15, 0.2) is 0 Å². The van der Waals surface area contributed by atoms with Gasteiger partial charge in [0.1, 0.15) is 5.75 Å². The SMILES string of the molecule is CC.COc1ccc2[nH]c3cncc(Cl)c3c2c1. The van der Waals surface area contributed by atoms with Gasteiger partial charge in [0.2, 0.25) is 0 Å². The smallest absolute Gasteiger partial charge is 0.119 e. The topological polar surface area (TPSA) is 37.9 Å². The third kappa shape index (κ3) is 2.02. The molecule has 0 atom stereocenters. The summed E-state index contributed by atoms with van der Waals surface area (Å²) in [4.78, 5) is 7.32. The molecule has 0 aliphatic rings. The number of aromatic amines is 1. The molecule has 0 unspecified atom stereocenters. The molecule has 0 amide bonds. The third-order valence-electron chi connectivity index (χ3n) is 2.67. The van der Waals surface area contributed by atoms with Crippen molar-refractivity contribution in [3.05, 3.63) is 35.6 Å². The minimum atomic E-state index is 0.650.